The van der Waals surface area contributed by atoms with Gasteiger partial charge < -0.3 is 5.11 Å². The van der Waals surface area contributed by atoms with Gasteiger partial charge in [-0.15, -0.1) is 0 Å². The summed E-state index contributed by atoms with van der Waals surface area (Å²) in [6.07, 6.45) is 1.88. The number of aliphatic carboxylic acids is 1. The Morgan fingerprint density at radius 1 is 1.56 bits per heavy atom. The predicted octanol–water partition coefficient (Wildman–Crippen LogP) is 2.99. The summed E-state index contributed by atoms with van der Waals surface area (Å²) in [7, 11) is 0. The van der Waals surface area contributed by atoms with E-state index in [9.17, 15) is 9.18 Å². The molecule has 98 valence electrons. The van der Waals surface area contributed by atoms with E-state index in [4.69, 9.17) is 16.7 Å². The Labute approximate surface area is 110 Å². The third-order valence-electron chi connectivity index (χ3n) is 3.22. The van der Waals surface area contributed by atoms with Crippen LogP contribution in [0.15, 0.2) is 18.2 Å². The summed E-state index contributed by atoms with van der Waals surface area (Å²) in [6, 6.07) is 3.37. The molecule has 0 heterocycles. The van der Waals surface area contributed by atoms with Crippen LogP contribution in [-0.2, 0) is 4.79 Å². The van der Waals surface area contributed by atoms with Crippen molar-refractivity contribution in [2.45, 2.75) is 31.8 Å². The monoisotopic (exact) mass is 271 g/mol. The number of nitrogens with one attached hydrogen (secondary N) is 1. The van der Waals surface area contributed by atoms with Crippen molar-refractivity contribution in [2.24, 2.45) is 5.92 Å². The molecule has 2 atom stereocenters. The van der Waals surface area contributed by atoms with Crippen LogP contribution in [0.4, 0.5) is 4.39 Å². The molecule has 0 aliphatic heterocycles. The summed E-state index contributed by atoms with van der Waals surface area (Å²) >= 11 is 5.96. The largest absolute Gasteiger partial charge is 0.480 e. The van der Waals surface area contributed by atoms with E-state index >= 15 is 0 Å². The number of carboxylic acids is 1. The summed E-state index contributed by atoms with van der Waals surface area (Å²) in [5.41, 5.74) is 0.713. The van der Waals surface area contributed by atoms with Crippen LogP contribution in [0.2, 0.25) is 5.02 Å². The highest BCUT2D eigenvalue weighted by Gasteiger charge is 2.37. The minimum absolute atomic E-state index is 0.198. The summed E-state index contributed by atoms with van der Waals surface area (Å²) < 4.78 is 12.9. The molecule has 1 aliphatic rings. The van der Waals surface area contributed by atoms with Crippen molar-refractivity contribution in [3.63, 3.8) is 0 Å². The molecule has 1 aromatic rings. The third-order valence-corrected chi connectivity index (χ3v) is 3.55. The number of carboxylic acid groups (broad SMARTS) is 1. The normalized spacial score (nSPS) is 18.4. The molecule has 2 rings (SSSR count). The van der Waals surface area contributed by atoms with Crippen LogP contribution >= 0.6 is 11.6 Å². The van der Waals surface area contributed by atoms with Gasteiger partial charge in [0.15, 0.2) is 0 Å². The molecule has 18 heavy (non-hydrogen) atoms. The molecule has 2 unspecified atom stereocenters. The molecule has 0 spiro atoms. The quantitative estimate of drug-likeness (QED) is 0.866. The maximum Gasteiger partial charge on any atom is 0.320 e. The van der Waals surface area contributed by atoms with Crippen molar-refractivity contribution < 1.29 is 14.3 Å². The summed E-state index contributed by atoms with van der Waals surface area (Å²) in [5, 5.41) is 12.5. The minimum atomic E-state index is -0.845. The highest BCUT2D eigenvalue weighted by atomic mass is 35.5. The second-order valence-electron chi connectivity index (χ2n) is 4.71. The molecule has 1 saturated carbocycles. The fraction of sp³-hybridized carbons (Fsp3) is 0.462. The Hall–Kier alpha value is -1.13. The van der Waals surface area contributed by atoms with Gasteiger partial charge in [0.05, 0.1) is 0 Å². The fourth-order valence-corrected chi connectivity index (χ4v) is 2.38. The van der Waals surface area contributed by atoms with Gasteiger partial charge in [-0.2, -0.15) is 0 Å². The van der Waals surface area contributed by atoms with E-state index in [1.54, 1.807) is 6.07 Å². The number of halogens is 2. The van der Waals surface area contributed by atoms with E-state index < -0.39 is 17.8 Å². The van der Waals surface area contributed by atoms with Crippen LogP contribution in [-0.4, -0.2) is 17.1 Å². The lowest BCUT2D eigenvalue weighted by Crippen LogP contribution is -2.40. The molecule has 5 heteroatoms. The minimum Gasteiger partial charge on any atom is -0.480 e. The van der Waals surface area contributed by atoms with Gasteiger partial charge in [-0.1, -0.05) is 17.7 Å². The van der Waals surface area contributed by atoms with Gasteiger partial charge in [0.25, 0.3) is 0 Å². The number of hydrogen-bond acceptors (Lipinski definition) is 2. The van der Waals surface area contributed by atoms with Gasteiger partial charge in [-0.25, -0.2) is 4.39 Å². The first kappa shape index (κ1) is 13.3. The average molecular weight is 272 g/mol. The summed E-state index contributed by atoms with van der Waals surface area (Å²) in [4.78, 5) is 11.1. The zero-order valence-electron chi connectivity index (χ0n) is 9.99. The first-order chi connectivity index (χ1) is 8.49. The molecular weight excluding hydrogens is 257 g/mol. The Balaban J connectivity index is 2.10. The van der Waals surface area contributed by atoms with Crippen LogP contribution in [0, 0.1) is 11.7 Å². The van der Waals surface area contributed by atoms with Crippen molar-refractivity contribution >= 4 is 17.6 Å². The van der Waals surface area contributed by atoms with Crippen molar-refractivity contribution in [3.05, 3.63) is 34.6 Å². The molecular formula is C13H15ClFNO2. The van der Waals surface area contributed by atoms with Gasteiger partial charge in [0, 0.05) is 11.1 Å². The molecule has 1 aliphatic carbocycles. The Morgan fingerprint density at radius 3 is 2.72 bits per heavy atom. The summed E-state index contributed by atoms with van der Waals surface area (Å²) in [5.74, 6) is -1.04. The lowest BCUT2D eigenvalue weighted by molar-refractivity contribution is -0.140. The standard InChI is InChI=1S/C13H15ClFNO2/c1-7(10-5-4-9(15)6-11(10)14)16-12(13(17)18)8-2-3-8/h4-8,12,16H,2-3H2,1H3,(H,17,18). The van der Waals surface area contributed by atoms with Crippen molar-refractivity contribution in [1.29, 1.82) is 0 Å². The van der Waals surface area contributed by atoms with Gasteiger partial charge in [-0.3, -0.25) is 10.1 Å². The first-order valence-corrected chi connectivity index (χ1v) is 6.30. The third kappa shape index (κ3) is 3.00. The lowest BCUT2D eigenvalue weighted by atomic mass is 10.1. The van der Waals surface area contributed by atoms with Gasteiger partial charge in [0.2, 0.25) is 0 Å². The molecule has 1 fully saturated rings. The smallest absolute Gasteiger partial charge is 0.320 e. The fourth-order valence-electron chi connectivity index (χ4n) is 2.05. The maximum atomic E-state index is 12.9. The van der Waals surface area contributed by atoms with Gasteiger partial charge >= 0.3 is 5.97 Å². The van der Waals surface area contributed by atoms with Gasteiger partial charge in [-0.05, 0) is 43.4 Å². The zero-order chi connectivity index (χ0) is 13.3. The van der Waals surface area contributed by atoms with E-state index in [-0.39, 0.29) is 12.0 Å². The second-order valence-corrected chi connectivity index (χ2v) is 5.11. The molecule has 0 aromatic heterocycles. The van der Waals surface area contributed by atoms with Crippen LogP contribution in [0.25, 0.3) is 0 Å². The van der Waals surface area contributed by atoms with Crippen molar-refractivity contribution in [2.75, 3.05) is 0 Å². The highest BCUT2D eigenvalue weighted by molar-refractivity contribution is 6.31. The van der Waals surface area contributed by atoms with Crippen LogP contribution < -0.4 is 5.32 Å². The predicted molar refractivity (Wildman–Crippen MR) is 67.1 cm³/mol. The topological polar surface area (TPSA) is 49.3 Å². The molecule has 0 amide bonds. The van der Waals surface area contributed by atoms with E-state index in [0.717, 1.165) is 12.8 Å². The van der Waals surface area contributed by atoms with Crippen LogP contribution in [0.3, 0.4) is 0 Å². The highest BCUT2D eigenvalue weighted by Crippen LogP contribution is 2.34. The van der Waals surface area contributed by atoms with Crippen LogP contribution in [0.5, 0.6) is 0 Å². The summed E-state index contributed by atoms with van der Waals surface area (Å²) in [6.45, 7) is 1.83. The molecule has 0 bridgehead atoms. The first-order valence-electron chi connectivity index (χ1n) is 5.93. The number of carbonyl (C=O) groups is 1. The molecule has 0 radical (unpaired) electrons. The molecule has 2 N–H and O–H groups in total. The number of rotatable bonds is 5. The maximum absolute atomic E-state index is 12.9. The second kappa shape index (κ2) is 5.24. The van der Waals surface area contributed by atoms with Crippen LogP contribution in [0.1, 0.15) is 31.4 Å². The van der Waals surface area contributed by atoms with E-state index in [1.165, 1.54) is 12.1 Å². The lowest BCUT2D eigenvalue weighted by Gasteiger charge is -2.21. The number of hydrogen-bond donors (Lipinski definition) is 2. The SMILES string of the molecule is CC(NC(C(=O)O)C1CC1)c1ccc(F)cc1Cl. The van der Waals surface area contributed by atoms with Crippen molar-refractivity contribution in [3.8, 4) is 0 Å². The molecule has 3 nitrogen and oxygen atoms in total. The average Bonchev–Trinajstić information content (AvgIpc) is 3.08. The molecule has 1 aromatic carbocycles. The van der Waals surface area contributed by atoms with E-state index in [1.807, 2.05) is 6.92 Å². The number of benzene rings is 1. The van der Waals surface area contributed by atoms with Crippen molar-refractivity contribution in [1.82, 2.24) is 5.32 Å². The Morgan fingerprint density at radius 2 is 2.22 bits per heavy atom. The van der Waals surface area contributed by atoms with Gasteiger partial charge in [0.1, 0.15) is 11.9 Å². The Kier molecular flexibility index (Phi) is 3.88. The zero-order valence-corrected chi connectivity index (χ0v) is 10.7. The molecule has 0 saturated heterocycles. The van der Waals surface area contributed by atoms with E-state index in [2.05, 4.69) is 5.32 Å². The Bertz CT molecular complexity index is 462. The van der Waals surface area contributed by atoms with E-state index in [0.29, 0.717) is 10.6 Å².